The van der Waals surface area contributed by atoms with Crippen molar-refractivity contribution in [1.29, 1.82) is 0 Å². The zero-order chi connectivity index (χ0) is 11.6. The van der Waals surface area contributed by atoms with Gasteiger partial charge in [-0.2, -0.15) is 0 Å². The second-order valence-corrected chi connectivity index (χ2v) is 3.64. The highest BCUT2D eigenvalue weighted by molar-refractivity contribution is 6.62. The molecule has 0 aliphatic carbocycles. The van der Waals surface area contributed by atoms with Crippen molar-refractivity contribution >= 4 is 29.8 Å². The van der Waals surface area contributed by atoms with E-state index in [2.05, 4.69) is 6.58 Å². The monoisotopic (exact) mass is 226 g/mol. The lowest BCUT2D eigenvalue weighted by Crippen LogP contribution is -2.31. The van der Waals surface area contributed by atoms with Gasteiger partial charge in [0, 0.05) is 16.0 Å². The second kappa shape index (κ2) is 4.70. The summed E-state index contributed by atoms with van der Waals surface area (Å²) in [5.41, 5.74) is 1.78. The summed E-state index contributed by atoms with van der Waals surface area (Å²) in [4.78, 5) is 0. The van der Waals surface area contributed by atoms with Gasteiger partial charge in [0.25, 0.3) is 0 Å². The minimum atomic E-state index is -1.61. The van der Waals surface area contributed by atoms with Gasteiger partial charge in [0.2, 0.25) is 0 Å². The first-order chi connectivity index (χ1) is 6.97. The first kappa shape index (κ1) is 12.1. The lowest BCUT2D eigenvalue weighted by atomic mass is 9.79. The Labute approximate surface area is 94.1 Å². The molecule has 0 aliphatic rings. The standard InChI is InChI=1S/C10H12BClO3/c1-6(2)7-4-9(12)8(11(13)14)5-10(7)15-3/h4-5,13-14H,1H2,2-3H3. The molecule has 3 nitrogen and oxygen atoms in total. The normalized spacial score (nSPS) is 9.93. The Balaban J connectivity index is 3.35. The Hall–Kier alpha value is -0.965. The highest BCUT2D eigenvalue weighted by atomic mass is 35.5. The number of methoxy groups -OCH3 is 1. The number of rotatable bonds is 3. The Bertz CT molecular complexity index is 390. The summed E-state index contributed by atoms with van der Waals surface area (Å²) in [6.07, 6.45) is 0. The van der Waals surface area contributed by atoms with Gasteiger partial charge in [0.15, 0.2) is 0 Å². The van der Waals surface area contributed by atoms with E-state index >= 15 is 0 Å². The molecular formula is C10H12BClO3. The molecule has 80 valence electrons. The summed E-state index contributed by atoms with van der Waals surface area (Å²) in [5, 5.41) is 18.4. The van der Waals surface area contributed by atoms with E-state index in [0.29, 0.717) is 5.75 Å². The van der Waals surface area contributed by atoms with E-state index in [1.54, 1.807) is 6.07 Å². The van der Waals surface area contributed by atoms with Crippen LogP contribution in [-0.2, 0) is 0 Å². The molecule has 0 saturated carbocycles. The van der Waals surface area contributed by atoms with Crippen LogP contribution in [0.15, 0.2) is 18.7 Å². The molecule has 0 heterocycles. The molecule has 0 saturated heterocycles. The van der Waals surface area contributed by atoms with Gasteiger partial charge in [0.1, 0.15) is 5.75 Å². The van der Waals surface area contributed by atoms with Crippen LogP contribution in [0.1, 0.15) is 12.5 Å². The molecule has 0 amide bonds. The number of benzene rings is 1. The third-order valence-corrected chi connectivity index (χ3v) is 2.38. The first-order valence-electron chi connectivity index (χ1n) is 4.36. The van der Waals surface area contributed by atoms with Crippen molar-refractivity contribution in [3.8, 4) is 5.75 Å². The quantitative estimate of drug-likeness (QED) is 0.758. The van der Waals surface area contributed by atoms with Crippen molar-refractivity contribution in [2.24, 2.45) is 0 Å². The van der Waals surface area contributed by atoms with E-state index in [0.717, 1.165) is 11.1 Å². The van der Waals surface area contributed by atoms with Gasteiger partial charge in [-0.3, -0.25) is 0 Å². The number of allylic oxidation sites excluding steroid dienone is 1. The lowest BCUT2D eigenvalue weighted by Gasteiger charge is -2.12. The number of hydrogen-bond acceptors (Lipinski definition) is 3. The molecule has 1 aromatic carbocycles. The summed E-state index contributed by atoms with van der Waals surface area (Å²) in [7, 11) is -0.103. The number of ether oxygens (including phenoxy) is 1. The van der Waals surface area contributed by atoms with Gasteiger partial charge < -0.3 is 14.8 Å². The summed E-state index contributed by atoms with van der Waals surface area (Å²) < 4.78 is 5.11. The molecule has 1 rings (SSSR count). The fourth-order valence-electron chi connectivity index (χ4n) is 1.27. The third-order valence-electron chi connectivity index (χ3n) is 2.06. The maximum atomic E-state index is 9.05. The summed E-state index contributed by atoms with van der Waals surface area (Å²) >= 11 is 5.88. The molecule has 0 bridgehead atoms. The number of halogens is 1. The smallest absolute Gasteiger partial charge is 0.490 e. The van der Waals surface area contributed by atoms with Crippen molar-refractivity contribution in [1.82, 2.24) is 0 Å². The molecule has 1 aromatic rings. The summed E-state index contributed by atoms with van der Waals surface area (Å²) in [6.45, 7) is 5.61. The predicted octanol–water partition coefficient (Wildman–Crippen LogP) is 1.06. The molecule has 15 heavy (non-hydrogen) atoms. The molecule has 5 heteroatoms. The van der Waals surface area contributed by atoms with Crippen LogP contribution in [0.4, 0.5) is 0 Å². The zero-order valence-electron chi connectivity index (χ0n) is 8.62. The van der Waals surface area contributed by atoms with Crippen LogP contribution in [0.3, 0.4) is 0 Å². The second-order valence-electron chi connectivity index (χ2n) is 3.23. The molecule has 0 aliphatic heterocycles. The van der Waals surface area contributed by atoms with Crippen LogP contribution >= 0.6 is 11.6 Å². The maximum Gasteiger partial charge on any atom is 0.490 e. The van der Waals surface area contributed by atoms with Crippen LogP contribution in [0, 0.1) is 0 Å². The third kappa shape index (κ3) is 2.53. The van der Waals surface area contributed by atoms with Gasteiger partial charge in [-0.15, -0.1) is 0 Å². The van der Waals surface area contributed by atoms with Crippen LogP contribution in [0.25, 0.3) is 5.57 Å². The van der Waals surface area contributed by atoms with E-state index in [4.69, 9.17) is 26.4 Å². The molecule has 0 radical (unpaired) electrons. The average Bonchev–Trinajstić information content (AvgIpc) is 2.16. The molecule has 0 fully saturated rings. The largest absolute Gasteiger partial charge is 0.496 e. The fourth-order valence-corrected chi connectivity index (χ4v) is 1.53. The maximum absolute atomic E-state index is 9.05. The van der Waals surface area contributed by atoms with Gasteiger partial charge in [-0.05, 0) is 24.6 Å². The van der Waals surface area contributed by atoms with Crippen LogP contribution in [-0.4, -0.2) is 24.3 Å². The number of hydrogen-bond donors (Lipinski definition) is 2. The van der Waals surface area contributed by atoms with Crippen molar-refractivity contribution < 1.29 is 14.8 Å². The van der Waals surface area contributed by atoms with E-state index in [9.17, 15) is 0 Å². The van der Waals surface area contributed by atoms with E-state index in [1.165, 1.54) is 13.2 Å². The molecule has 2 N–H and O–H groups in total. The topological polar surface area (TPSA) is 49.7 Å². The van der Waals surface area contributed by atoms with E-state index < -0.39 is 7.12 Å². The summed E-state index contributed by atoms with van der Waals surface area (Å²) in [6, 6.07) is 3.11. The lowest BCUT2D eigenvalue weighted by molar-refractivity contribution is 0.411. The van der Waals surface area contributed by atoms with Crippen molar-refractivity contribution in [2.75, 3.05) is 7.11 Å². The Morgan fingerprint density at radius 3 is 2.47 bits per heavy atom. The van der Waals surface area contributed by atoms with Gasteiger partial charge in [0.05, 0.1) is 7.11 Å². The van der Waals surface area contributed by atoms with Crippen molar-refractivity contribution in [3.63, 3.8) is 0 Å². The van der Waals surface area contributed by atoms with Crippen LogP contribution < -0.4 is 10.2 Å². The van der Waals surface area contributed by atoms with Crippen LogP contribution in [0.2, 0.25) is 5.02 Å². The Morgan fingerprint density at radius 2 is 2.07 bits per heavy atom. The zero-order valence-corrected chi connectivity index (χ0v) is 9.38. The minimum Gasteiger partial charge on any atom is -0.496 e. The van der Waals surface area contributed by atoms with Gasteiger partial charge in [-0.25, -0.2) is 0 Å². The molecule has 0 spiro atoms. The predicted molar refractivity (Wildman–Crippen MR) is 62.5 cm³/mol. The SMILES string of the molecule is C=C(C)c1cc(Cl)c(B(O)O)cc1OC. The molecular weight excluding hydrogens is 214 g/mol. The van der Waals surface area contributed by atoms with E-state index in [1.807, 2.05) is 6.92 Å². The highest BCUT2D eigenvalue weighted by Gasteiger charge is 2.18. The van der Waals surface area contributed by atoms with Crippen molar-refractivity contribution in [3.05, 3.63) is 29.3 Å². The minimum absolute atomic E-state index is 0.221. The molecule has 0 aromatic heterocycles. The molecule has 0 unspecified atom stereocenters. The van der Waals surface area contributed by atoms with Crippen molar-refractivity contribution in [2.45, 2.75) is 6.92 Å². The van der Waals surface area contributed by atoms with Gasteiger partial charge in [-0.1, -0.05) is 18.2 Å². The van der Waals surface area contributed by atoms with Gasteiger partial charge >= 0.3 is 7.12 Å². The first-order valence-corrected chi connectivity index (χ1v) is 4.74. The fraction of sp³-hybridized carbons (Fsp3) is 0.200. The average molecular weight is 226 g/mol. The Morgan fingerprint density at radius 1 is 1.47 bits per heavy atom. The highest BCUT2D eigenvalue weighted by Crippen LogP contribution is 2.26. The van der Waals surface area contributed by atoms with E-state index in [-0.39, 0.29) is 10.5 Å². The van der Waals surface area contributed by atoms with Crippen LogP contribution in [0.5, 0.6) is 5.75 Å². The Kier molecular flexibility index (Phi) is 3.80. The summed E-state index contributed by atoms with van der Waals surface area (Å²) in [5.74, 6) is 0.523. The molecule has 0 atom stereocenters.